The third kappa shape index (κ3) is 3.06. The Morgan fingerprint density at radius 1 is 1.31 bits per heavy atom. The van der Waals surface area contributed by atoms with Gasteiger partial charge in [0.1, 0.15) is 6.10 Å². The molecular formula is C14H20NO. The first-order valence-electron chi connectivity index (χ1n) is 6.16. The van der Waals surface area contributed by atoms with Crippen LogP contribution in [0.4, 0.5) is 0 Å². The second-order valence-electron chi connectivity index (χ2n) is 4.27. The molecule has 0 aromatic heterocycles. The fourth-order valence-electron chi connectivity index (χ4n) is 2.12. The summed E-state index contributed by atoms with van der Waals surface area (Å²) in [5.74, 6) is 0. The molecule has 0 spiro atoms. The molecule has 1 atom stereocenters. The zero-order chi connectivity index (χ0) is 11.2. The van der Waals surface area contributed by atoms with Crippen LogP contribution in [0.3, 0.4) is 0 Å². The van der Waals surface area contributed by atoms with Crippen LogP contribution in [-0.2, 0) is 11.3 Å². The summed E-state index contributed by atoms with van der Waals surface area (Å²) in [6, 6.07) is 11.0. The molecule has 1 aromatic rings. The van der Waals surface area contributed by atoms with E-state index in [1.165, 1.54) is 18.1 Å². The number of hydrogen-bond donors (Lipinski definition) is 1. The first-order valence-corrected chi connectivity index (χ1v) is 6.16. The summed E-state index contributed by atoms with van der Waals surface area (Å²) in [7, 11) is 0. The first-order chi connectivity index (χ1) is 7.90. The lowest BCUT2D eigenvalue weighted by Crippen LogP contribution is -2.31. The minimum absolute atomic E-state index is 0.458. The molecule has 87 valence electrons. The van der Waals surface area contributed by atoms with Crippen molar-refractivity contribution >= 4 is 0 Å². The average Bonchev–Trinajstić information content (AvgIpc) is 2.76. The third-order valence-electron chi connectivity index (χ3n) is 2.97. The van der Waals surface area contributed by atoms with Gasteiger partial charge in [-0.05, 0) is 18.4 Å². The van der Waals surface area contributed by atoms with Crippen LogP contribution in [0.5, 0.6) is 0 Å². The molecule has 1 heterocycles. The summed E-state index contributed by atoms with van der Waals surface area (Å²) in [5, 5.41) is 3.57. The van der Waals surface area contributed by atoms with Crippen LogP contribution in [0.1, 0.15) is 31.7 Å². The van der Waals surface area contributed by atoms with Gasteiger partial charge in [0.05, 0.1) is 0 Å². The van der Waals surface area contributed by atoms with Crippen molar-refractivity contribution in [2.24, 2.45) is 0 Å². The van der Waals surface area contributed by atoms with E-state index in [9.17, 15) is 0 Å². The van der Waals surface area contributed by atoms with Crippen molar-refractivity contribution in [3.05, 3.63) is 42.0 Å². The standard InChI is InChI=1S/C14H20NO/c1-2-6-14-13(9-10-16-14)15-11-12-7-4-3-5-8-12/h3-5,7-8,13,15H,2,6,9-11H2,1H3. The van der Waals surface area contributed by atoms with E-state index < -0.39 is 0 Å². The molecule has 0 aliphatic carbocycles. The highest BCUT2D eigenvalue weighted by Crippen LogP contribution is 2.25. The molecule has 2 rings (SSSR count). The van der Waals surface area contributed by atoms with Crippen LogP contribution in [0.2, 0.25) is 0 Å². The minimum Gasteiger partial charge on any atom is -0.370 e. The Balaban J connectivity index is 1.81. The van der Waals surface area contributed by atoms with Gasteiger partial charge in [0.15, 0.2) is 0 Å². The van der Waals surface area contributed by atoms with Crippen molar-refractivity contribution in [1.29, 1.82) is 0 Å². The maximum absolute atomic E-state index is 5.65. The Hall–Kier alpha value is -0.860. The van der Waals surface area contributed by atoms with E-state index in [1.807, 2.05) is 0 Å². The number of nitrogens with one attached hydrogen (secondary N) is 1. The molecule has 0 saturated carbocycles. The molecule has 2 nitrogen and oxygen atoms in total. The highest BCUT2D eigenvalue weighted by Gasteiger charge is 2.27. The fraction of sp³-hybridized carbons (Fsp3) is 0.500. The Bertz CT molecular complexity index is 299. The fourth-order valence-corrected chi connectivity index (χ4v) is 2.12. The SMILES string of the molecule is CCC[C]1OCCC1NCc1ccccc1. The van der Waals surface area contributed by atoms with Gasteiger partial charge in [0.25, 0.3) is 0 Å². The summed E-state index contributed by atoms with van der Waals surface area (Å²) in [6.45, 7) is 4.01. The third-order valence-corrected chi connectivity index (χ3v) is 2.97. The van der Waals surface area contributed by atoms with Gasteiger partial charge in [-0.25, -0.2) is 0 Å². The molecule has 1 saturated heterocycles. The lowest BCUT2D eigenvalue weighted by Gasteiger charge is -2.18. The van der Waals surface area contributed by atoms with Crippen LogP contribution in [0, 0.1) is 6.10 Å². The van der Waals surface area contributed by atoms with Gasteiger partial charge in [-0.2, -0.15) is 0 Å². The predicted molar refractivity (Wildman–Crippen MR) is 65.8 cm³/mol. The topological polar surface area (TPSA) is 21.3 Å². The number of rotatable bonds is 5. The second-order valence-corrected chi connectivity index (χ2v) is 4.27. The molecule has 1 radical (unpaired) electrons. The van der Waals surface area contributed by atoms with Gasteiger partial charge in [-0.15, -0.1) is 0 Å². The highest BCUT2D eigenvalue weighted by atomic mass is 16.5. The normalized spacial score (nSPS) is 21.4. The lowest BCUT2D eigenvalue weighted by atomic mass is 10.1. The minimum atomic E-state index is 0.458. The molecule has 1 fully saturated rings. The average molecular weight is 218 g/mol. The summed E-state index contributed by atoms with van der Waals surface area (Å²) < 4.78 is 5.65. The Morgan fingerprint density at radius 2 is 2.12 bits per heavy atom. The van der Waals surface area contributed by atoms with E-state index in [4.69, 9.17) is 4.74 Å². The summed E-state index contributed by atoms with van der Waals surface area (Å²) in [6.07, 6.45) is 4.62. The maximum Gasteiger partial charge on any atom is 0.114 e. The van der Waals surface area contributed by atoms with Gasteiger partial charge in [-0.1, -0.05) is 43.7 Å². The maximum atomic E-state index is 5.65. The van der Waals surface area contributed by atoms with Gasteiger partial charge in [0.2, 0.25) is 0 Å². The molecular weight excluding hydrogens is 198 g/mol. The van der Waals surface area contributed by atoms with E-state index in [0.717, 1.165) is 26.0 Å². The molecule has 1 N–H and O–H groups in total. The number of benzene rings is 1. The van der Waals surface area contributed by atoms with Crippen LogP contribution < -0.4 is 5.32 Å². The van der Waals surface area contributed by atoms with Crippen LogP contribution in [0.25, 0.3) is 0 Å². The summed E-state index contributed by atoms with van der Waals surface area (Å²) in [4.78, 5) is 0. The van der Waals surface area contributed by atoms with E-state index in [0.29, 0.717) is 6.04 Å². The van der Waals surface area contributed by atoms with E-state index >= 15 is 0 Å². The first kappa shape index (κ1) is 11.6. The smallest absolute Gasteiger partial charge is 0.114 e. The van der Waals surface area contributed by atoms with E-state index in [-0.39, 0.29) is 0 Å². The molecule has 0 amide bonds. The molecule has 1 aromatic carbocycles. The Kier molecular flexibility index (Phi) is 4.37. The monoisotopic (exact) mass is 218 g/mol. The van der Waals surface area contributed by atoms with Crippen molar-refractivity contribution in [3.8, 4) is 0 Å². The van der Waals surface area contributed by atoms with Gasteiger partial charge in [-0.3, -0.25) is 0 Å². The zero-order valence-electron chi connectivity index (χ0n) is 9.91. The van der Waals surface area contributed by atoms with E-state index in [1.54, 1.807) is 0 Å². The van der Waals surface area contributed by atoms with Crippen molar-refractivity contribution in [1.82, 2.24) is 5.32 Å². The van der Waals surface area contributed by atoms with Crippen LogP contribution >= 0.6 is 0 Å². The largest absolute Gasteiger partial charge is 0.370 e. The summed E-state index contributed by atoms with van der Waals surface area (Å²) in [5.41, 5.74) is 1.34. The number of ether oxygens (including phenoxy) is 1. The number of hydrogen-bond acceptors (Lipinski definition) is 2. The van der Waals surface area contributed by atoms with E-state index in [2.05, 4.69) is 42.6 Å². The molecule has 1 unspecified atom stereocenters. The zero-order valence-corrected chi connectivity index (χ0v) is 9.91. The lowest BCUT2D eigenvalue weighted by molar-refractivity contribution is 0.180. The Labute approximate surface area is 98.0 Å². The van der Waals surface area contributed by atoms with Crippen molar-refractivity contribution in [2.75, 3.05) is 6.61 Å². The summed E-state index contributed by atoms with van der Waals surface area (Å²) >= 11 is 0. The van der Waals surface area contributed by atoms with Gasteiger partial charge >= 0.3 is 0 Å². The van der Waals surface area contributed by atoms with Gasteiger partial charge in [0, 0.05) is 19.2 Å². The molecule has 1 aliphatic rings. The van der Waals surface area contributed by atoms with Crippen LogP contribution in [0.15, 0.2) is 30.3 Å². The van der Waals surface area contributed by atoms with Crippen molar-refractivity contribution in [3.63, 3.8) is 0 Å². The van der Waals surface area contributed by atoms with Crippen LogP contribution in [-0.4, -0.2) is 12.6 Å². The molecule has 2 heteroatoms. The second kappa shape index (κ2) is 6.02. The molecule has 16 heavy (non-hydrogen) atoms. The van der Waals surface area contributed by atoms with Crippen molar-refractivity contribution < 1.29 is 4.74 Å². The molecule has 0 bridgehead atoms. The predicted octanol–water partition coefficient (Wildman–Crippen LogP) is 2.90. The van der Waals surface area contributed by atoms with Gasteiger partial charge < -0.3 is 10.1 Å². The van der Waals surface area contributed by atoms with Crippen molar-refractivity contribution in [2.45, 2.75) is 38.8 Å². The highest BCUT2D eigenvalue weighted by molar-refractivity contribution is 5.14. The quantitative estimate of drug-likeness (QED) is 0.820. The Morgan fingerprint density at radius 3 is 2.88 bits per heavy atom. The molecule has 1 aliphatic heterocycles.